The van der Waals surface area contributed by atoms with Crippen LogP contribution in [0.4, 0.5) is 0 Å². The van der Waals surface area contributed by atoms with Gasteiger partial charge in [-0.3, -0.25) is 0 Å². The van der Waals surface area contributed by atoms with E-state index >= 15 is 0 Å². The quantitative estimate of drug-likeness (QED) is 0.458. The average Bonchev–Trinajstić information content (AvgIpc) is 2.34. The van der Waals surface area contributed by atoms with Gasteiger partial charge < -0.3 is 20.9 Å². The van der Waals surface area contributed by atoms with Crippen LogP contribution < -0.4 is 5.73 Å². The zero-order valence-corrected chi connectivity index (χ0v) is 5.41. The molecule has 0 saturated carbocycles. The Labute approximate surface area is 58.3 Å². The molecule has 1 atom stereocenters. The molecule has 56 valence electrons. The van der Waals surface area contributed by atoms with E-state index in [1.54, 1.807) is 6.20 Å². The summed E-state index contributed by atoms with van der Waals surface area (Å²) in [6.07, 6.45) is 1.57. The van der Waals surface area contributed by atoms with Crippen LogP contribution >= 0.6 is 0 Å². The Morgan fingerprint density at radius 1 is 1.70 bits per heavy atom. The molecule has 1 aromatic rings. The van der Waals surface area contributed by atoms with Gasteiger partial charge in [-0.2, -0.15) is 0 Å². The van der Waals surface area contributed by atoms with Gasteiger partial charge in [-0.15, -0.1) is 0 Å². The lowest BCUT2D eigenvalue weighted by molar-refractivity contribution is 0.263. The summed E-state index contributed by atoms with van der Waals surface area (Å²) in [4.78, 5) is 2.72. The van der Waals surface area contributed by atoms with Crippen molar-refractivity contribution in [2.45, 2.75) is 6.04 Å². The highest BCUT2D eigenvalue weighted by molar-refractivity contribution is 5.28. The van der Waals surface area contributed by atoms with Crippen molar-refractivity contribution >= 4 is 0 Å². The molecule has 4 nitrogen and oxygen atoms in total. The first-order valence-electron chi connectivity index (χ1n) is 2.98. The fraction of sp³-hybridized carbons (Fsp3) is 0.333. The highest BCUT2D eigenvalue weighted by Gasteiger charge is 2.09. The smallest absolute Gasteiger partial charge is 0.137 e. The number of H-pyrrole nitrogens is 1. The molecular weight excluding hydrogens is 132 g/mol. The van der Waals surface area contributed by atoms with E-state index in [9.17, 15) is 0 Å². The van der Waals surface area contributed by atoms with Crippen LogP contribution in [-0.2, 0) is 0 Å². The Morgan fingerprint density at radius 2 is 2.40 bits per heavy atom. The summed E-state index contributed by atoms with van der Waals surface area (Å²) in [5.41, 5.74) is 5.87. The first-order valence-corrected chi connectivity index (χ1v) is 2.98. The molecule has 0 bridgehead atoms. The number of aromatic nitrogens is 1. The van der Waals surface area contributed by atoms with Crippen LogP contribution in [0.5, 0.6) is 5.75 Å². The third-order valence-corrected chi connectivity index (χ3v) is 1.32. The highest BCUT2D eigenvalue weighted by Crippen LogP contribution is 2.19. The molecule has 1 heterocycles. The normalized spacial score (nSPS) is 13.4. The number of aromatic amines is 1. The molecule has 0 aliphatic heterocycles. The number of aromatic hydroxyl groups is 1. The van der Waals surface area contributed by atoms with Crippen molar-refractivity contribution in [1.29, 1.82) is 0 Å². The lowest BCUT2D eigenvalue weighted by Gasteiger charge is -2.04. The van der Waals surface area contributed by atoms with E-state index in [2.05, 4.69) is 4.98 Å². The van der Waals surface area contributed by atoms with Gasteiger partial charge in [-0.1, -0.05) is 0 Å². The molecule has 0 saturated heterocycles. The number of hydrogen-bond acceptors (Lipinski definition) is 3. The van der Waals surface area contributed by atoms with E-state index in [0.717, 1.165) is 0 Å². The minimum absolute atomic E-state index is 0.0987. The molecule has 1 unspecified atom stereocenters. The van der Waals surface area contributed by atoms with Crippen LogP contribution in [0.1, 0.15) is 11.7 Å². The van der Waals surface area contributed by atoms with Crippen molar-refractivity contribution in [3.8, 4) is 5.75 Å². The first-order chi connectivity index (χ1) is 4.75. The van der Waals surface area contributed by atoms with Crippen LogP contribution in [0.25, 0.3) is 0 Å². The van der Waals surface area contributed by atoms with E-state index in [-0.39, 0.29) is 12.4 Å². The van der Waals surface area contributed by atoms with Crippen molar-refractivity contribution in [2.24, 2.45) is 5.73 Å². The van der Waals surface area contributed by atoms with Crippen LogP contribution in [-0.4, -0.2) is 21.8 Å². The van der Waals surface area contributed by atoms with Gasteiger partial charge in [-0.05, 0) is 6.07 Å². The van der Waals surface area contributed by atoms with E-state index in [1.165, 1.54) is 6.07 Å². The largest absolute Gasteiger partial charge is 0.506 e. The summed E-state index contributed by atoms with van der Waals surface area (Å²) < 4.78 is 0. The number of nitrogens with two attached hydrogens (primary N) is 1. The van der Waals surface area contributed by atoms with E-state index in [1.807, 2.05) is 0 Å². The predicted molar refractivity (Wildman–Crippen MR) is 36.5 cm³/mol. The minimum atomic E-state index is -0.519. The molecule has 5 N–H and O–H groups in total. The van der Waals surface area contributed by atoms with Gasteiger partial charge in [0.2, 0.25) is 0 Å². The summed E-state index contributed by atoms with van der Waals surface area (Å²) >= 11 is 0. The third kappa shape index (κ3) is 1.12. The number of hydrogen-bond donors (Lipinski definition) is 4. The van der Waals surface area contributed by atoms with Crippen molar-refractivity contribution < 1.29 is 10.2 Å². The minimum Gasteiger partial charge on any atom is -0.506 e. The molecule has 0 aliphatic carbocycles. The van der Waals surface area contributed by atoms with Gasteiger partial charge >= 0.3 is 0 Å². The van der Waals surface area contributed by atoms with Gasteiger partial charge in [0.05, 0.1) is 18.3 Å². The maximum atomic E-state index is 9.03. The zero-order chi connectivity index (χ0) is 7.56. The summed E-state index contributed by atoms with van der Waals surface area (Å²) in [7, 11) is 0. The SMILES string of the molecule is NC(CO)c1[nH]ccc1O. The van der Waals surface area contributed by atoms with E-state index < -0.39 is 6.04 Å². The summed E-state index contributed by atoms with van der Waals surface area (Å²) in [6.45, 7) is -0.173. The number of aliphatic hydroxyl groups excluding tert-OH is 1. The van der Waals surface area contributed by atoms with Crippen molar-refractivity contribution in [3.05, 3.63) is 18.0 Å². The molecule has 1 aromatic heterocycles. The Kier molecular flexibility index (Phi) is 1.94. The molecule has 0 spiro atoms. The summed E-state index contributed by atoms with van der Waals surface area (Å²) in [5.74, 6) is 0.0987. The third-order valence-electron chi connectivity index (χ3n) is 1.32. The van der Waals surface area contributed by atoms with Crippen LogP contribution in [0.3, 0.4) is 0 Å². The van der Waals surface area contributed by atoms with E-state index in [4.69, 9.17) is 15.9 Å². The topological polar surface area (TPSA) is 82.3 Å². The Balaban J connectivity index is 2.82. The molecule has 1 rings (SSSR count). The van der Waals surface area contributed by atoms with Crippen molar-refractivity contribution in [2.75, 3.05) is 6.61 Å². The Bertz CT molecular complexity index is 209. The highest BCUT2D eigenvalue weighted by atomic mass is 16.3. The number of aliphatic hydroxyl groups is 1. The fourth-order valence-corrected chi connectivity index (χ4v) is 0.762. The van der Waals surface area contributed by atoms with Crippen LogP contribution in [0.2, 0.25) is 0 Å². The Hall–Kier alpha value is -1.00. The second-order valence-corrected chi connectivity index (χ2v) is 2.07. The number of rotatable bonds is 2. The van der Waals surface area contributed by atoms with Crippen LogP contribution in [0.15, 0.2) is 12.3 Å². The second kappa shape index (κ2) is 2.72. The first kappa shape index (κ1) is 7.11. The van der Waals surface area contributed by atoms with Gasteiger partial charge in [0, 0.05) is 6.20 Å². The van der Waals surface area contributed by atoms with Gasteiger partial charge in [0.15, 0.2) is 0 Å². The maximum absolute atomic E-state index is 9.03. The summed E-state index contributed by atoms with van der Waals surface area (Å²) in [5, 5.41) is 17.6. The summed E-state index contributed by atoms with van der Waals surface area (Å²) in [6, 6.07) is 0.972. The molecular formula is C6H10N2O2. The zero-order valence-electron chi connectivity index (χ0n) is 5.41. The van der Waals surface area contributed by atoms with Crippen molar-refractivity contribution in [1.82, 2.24) is 4.98 Å². The van der Waals surface area contributed by atoms with Crippen molar-refractivity contribution in [3.63, 3.8) is 0 Å². The van der Waals surface area contributed by atoms with Gasteiger partial charge in [-0.25, -0.2) is 0 Å². The lowest BCUT2D eigenvalue weighted by atomic mass is 10.2. The fourth-order valence-electron chi connectivity index (χ4n) is 0.762. The van der Waals surface area contributed by atoms with Gasteiger partial charge in [0.1, 0.15) is 5.75 Å². The van der Waals surface area contributed by atoms with Gasteiger partial charge in [0.25, 0.3) is 0 Å². The molecule has 10 heavy (non-hydrogen) atoms. The molecule has 0 radical (unpaired) electrons. The number of nitrogens with one attached hydrogen (secondary N) is 1. The molecule has 4 heteroatoms. The van der Waals surface area contributed by atoms with E-state index in [0.29, 0.717) is 5.69 Å². The predicted octanol–water partition coefficient (Wildman–Crippen LogP) is -0.288. The monoisotopic (exact) mass is 142 g/mol. The average molecular weight is 142 g/mol. The standard InChI is InChI=1S/C6H10N2O2/c7-4(3-9)6-5(10)1-2-8-6/h1-2,4,8-10H,3,7H2. The lowest BCUT2D eigenvalue weighted by Crippen LogP contribution is -2.14. The molecule has 0 fully saturated rings. The van der Waals surface area contributed by atoms with Crippen LogP contribution in [0, 0.1) is 0 Å². The Morgan fingerprint density at radius 3 is 2.80 bits per heavy atom. The molecule has 0 aromatic carbocycles. The second-order valence-electron chi connectivity index (χ2n) is 2.07. The molecule has 0 amide bonds. The molecule has 0 aliphatic rings. The maximum Gasteiger partial charge on any atom is 0.137 e.